The van der Waals surface area contributed by atoms with Crippen molar-refractivity contribution in [2.45, 2.75) is 25.7 Å². The van der Waals surface area contributed by atoms with E-state index in [4.69, 9.17) is 9.47 Å². The zero-order valence-corrected chi connectivity index (χ0v) is 19.3. The molecular weight excluding hydrogens is 424 g/mol. The number of benzene rings is 4. The molecule has 4 heteroatoms. The topological polar surface area (TPSA) is 52.6 Å². The summed E-state index contributed by atoms with van der Waals surface area (Å²) < 4.78 is 11.1. The quantitative estimate of drug-likeness (QED) is 0.274. The first kappa shape index (κ1) is 21.9. The molecule has 4 aromatic rings. The van der Waals surface area contributed by atoms with E-state index in [2.05, 4.69) is 18.2 Å². The smallest absolute Gasteiger partial charge is 0.332 e. The van der Waals surface area contributed by atoms with Gasteiger partial charge in [0.05, 0.1) is 13.2 Å². The summed E-state index contributed by atoms with van der Waals surface area (Å²) in [6.45, 7) is 3.84. The lowest BCUT2D eigenvalue weighted by atomic mass is 9.77. The molecule has 0 saturated carbocycles. The van der Waals surface area contributed by atoms with Gasteiger partial charge in [-0.3, -0.25) is 9.59 Å². The Morgan fingerprint density at radius 1 is 0.735 bits per heavy atom. The van der Waals surface area contributed by atoms with Crippen LogP contribution < -0.4 is 0 Å². The third kappa shape index (κ3) is 3.21. The maximum absolute atomic E-state index is 13.7. The third-order valence-electron chi connectivity index (χ3n) is 6.55. The van der Waals surface area contributed by atoms with Crippen LogP contribution in [-0.4, -0.2) is 25.2 Å². The van der Waals surface area contributed by atoms with Crippen molar-refractivity contribution in [1.82, 2.24) is 0 Å². The lowest BCUT2D eigenvalue weighted by Crippen LogP contribution is -2.45. The minimum Gasteiger partial charge on any atom is -0.465 e. The number of ether oxygens (including phenoxy) is 2. The van der Waals surface area contributed by atoms with Gasteiger partial charge in [0.25, 0.3) is 0 Å². The van der Waals surface area contributed by atoms with Gasteiger partial charge < -0.3 is 9.47 Å². The summed E-state index contributed by atoms with van der Waals surface area (Å²) >= 11 is 0. The van der Waals surface area contributed by atoms with Crippen LogP contribution in [0.2, 0.25) is 0 Å². The summed E-state index contributed by atoms with van der Waals surface area (Å²) in [5, 5.41) is 2.07. The van der Waals surface area contributed by atoms with E-state index in [0.29, 0.717) is 17.5 Å². The van der Waals surface area contributed by atoms with Crippen molar-refractivity contribution in [3.05, 3.63) is 107 Å². The Hall–Kier alpha value is -3.92. The normalized spacial score (nSPS) is 13.2. The number of fused-ring (bicyclic) bond motifs is 4. The molecule has 4 aromatic carbocycles. The average molecular weight is 451 g/mol. The maximum Gasteiger partial charge on any atom is 0.332 e. The number of esters is 2. The number of hydrogen-bond donors (Lipinski definition) is 0. The second kappa shape index (κ2) is 8.79. The summed E-state index contributed by atoms with van der Waals surface area (Å²) in [7, 11) is 0. The fourth-order valence-electron chi connectivity index (χ4n) is 5.18. The monoisotopic (exact) mass is 450 g/mol. The largest absolute Gasteiger partial charge is 0.465 e. The van der Waals surface area contributed by atoms with Crippen molar-refractivity contribution in [2.75, 3.05) is 13.2 Å². The van der Waals surface area contributed by atoms with Gasteiger partial charge in [-0.25, -0.2) is 0 Å². The highest BCUT2D eigenvalue weighted by molar-refractivity contribution is 6.17. The highest BCUT2D eigenvalue weighted by Gasteiger charge is 2.58. The van der Waals surface area contributed by atoms with Gasteiger partial charge in [-0.05, 0) is 70.5 Å². The summed E-state index contributed by atoms with van der Waals surface area (Å²) in [4.78, 5) is 27.4. The van der Waals surface area contributed by atoms with Gasteiger partial charge in [-0.2, -0.15) is 0 Å². The maximum atomic E-state index is 13.7. The lowest BCUT2D eigenvalue weighted by Gasteiger charge is -2.27. The second-order valence-corrected chi connectivity index (χ2v) is 8.40. The van der Waals surface area contributed by atoms with Gasteiger partial charge >= 0.3 is 11.9 Å². The van der Waals surface area contributed by atoms with E-state index in [1.54, 1.807) is 13.8 Å². The Bertz CT molecular complexity index is 1370. The minimum atomic E-state index is -1.66. The van der Waals surface area contributed by atoms with Crippen LogP contribution in [0, 0.1) is 0 Å². The molecule has 0 saturated heterocycles. The van der Waals surface area contributed by atoms with E-state index in [0.717, 1.165) is 33.0 Å². The number of carbonyl (C=O) groups excluding carboxylic acids is 2. The van der Waals surface area contributed by atoms with E-state index in [1.165, 1.54) is 0 Å². The van der Waals surface area contributed by atoms with Crippen molar-refractivity contribution in [3.63, 3.8) is 0 Å². The van der Waals surface area contributed by atoms with E-state index in [-0.39, 0.29) is 13.2 Å². The fourth-order valence-corrected chi connectivity index (χ4v) is 5.18. The van der Waals surface area contributed by atoms with Crippen molar-refractivity contribution >= 4 is 22.7 Å². The zero-order chi connectivity index (χ0) is 23.7. The van der Waals surface area contributed by atoms with Crippen molar-refractivity contribution in [2.24, 2.45) is 0 Å². The Balaban J connectivity index is 1.90. The lowest BCUT2D eigenvalue weighted by molar-refractivity contribution is -0.162. The van der Waals surface area contributed by atoms with E-state index in [9.17, 15) is 9.59 Å². The molecule has 0 radical (unpaired) electrons. The molecular formula is C30H26O4. The molecule has 4 nitrogen and oxygen atoms in total. The zero-order valence-electron chi connectivity index (χ0n) is 19.3. The summed E-state index contributed by atoms with van der Waals surface area (Å²) in [5.41, 5.74) is 3.62. The molecule has 34 heavy (non-hydrogen) atoms. The Kier molecular flexibility index (Phi) is 5.66. The molecule has 0 aromatic heterocycles. The van der Waals surface area contributed by atoms with Crippen molar-refractivity contribution in [1.29, 1.82) is 0 Å². The molecule has 0 atom stereocenters. The number of hydrogen-bond acceptors (Lipinski definition) is 4. The Labute approximate surface area is 199 Å². The molecule has 0 amide bonds. The van der Waals surface area contributed by atoms with Gasteiger partial charge in [0.2, 0.25) is 5.41 Å². The van der Waals surface area contributed by atoms with Gasteiger partial charge in [-0.1, -0.05) is 78.9 Å². The highest BCUT2D eigenvalue weighted by Crippen LogP contribution is 2.53. The van der Waals surface area contributed by atoms with Crippen LogP contribution in [0.15, 0.2) is 84.9 Å². The molecule has 5 rings (SSSR count). The Morgan fingerprint density at radius 2 is 1.35 bits per heavy atom. The molecule has 1 aliphatic carbocycles. The number of carbonyl (C=O) groups is 2. The summed E-state index contributed by atoms with van der Waals surface area (Å²) in [6, 6.07) is 28.0. The predicted molar refractivity (Wildman–Crippen MR) is 133 cm³/mol. The Morgan fingerprint density at radius 3 is 2.06 bits per heavy atom. The summed E-state index contributed by atoms with van der Waals surface area (Å²) in [6.07, 6.45) is 0.667. The molecule has 0 N–H and O–H groups in total. The molecule has 0 fully saturated rings. The predicted octanol–water partition coefficient (Wildman–Crippen LogP) is 5.82. The summed E-state index contributed by atoms with van der Waals surface area (Å²) in [5.74, 6) is -1.19. The van der Waals surface area contributed by atoms with Crippen molar-refractivity contribution in [3.8, 4) is 11.1 Å². The molecule has 1 aliphatic rings. The standard InChI is InChI=1S/C30H26O4/c1-3-33-28(31)30(29(32)34-4-2)25-17-11-10-16-23(25)27-24(18-20-12-6-5-7-13-20)22-15-9-8-14-21(22)19-26(27)30/h5-17,19H,3-4,18H2,1-2H3. The molecule has 0 unspecified atom stereocenters. The van der Waals surface area contributed by atoms with Crippen LogP contribution in [0.4, 0.5) is 0 Å². The second-order valence-electron chi connectivity index (χ2n) is 8.40. The first-order chi connectivity index (χ1) is 16.6. The van der Waals surface area contributed by atoms with E-state index in [1.807, 2.05) is 66.7 Å². The van der Waals surface area contributed by atoms with Crippen LogP contribution >= 0.6 is 0 Å². The first-order valence-electron chi connectivity index (χ1n) is 11.7. The van der Waals surface area contributed by atoms with Gasteiger partial charge in [-0.15, -0.1) is 0 Å². The van der Waals surface area contributed by atoms with Crippen molar-refractivity contribution < 1.29 is 19.1 Å². The highest BCUT2D eigenvalue weighted by atomic mass is 16.6. The van der Waals surface area contributed by atoms with Crippen LogP contribution in [0.5, 0.6) is 0 Å². The van der Waals surface area contributed by atoms with E-state index < -0.39 is 17.4 Å². The van der Waals surface area contributed by atoms with E-state index >= 15 is 0 Å². The molecule has 0 aliphatic heterocycles. The number of rotatable bonds is 6. The van der Waals surface area contributed by atoms with Crippen LogP contribution in [0.3, 0.4) is 0 Å². The fraction of sp³-hybridized carbons (Fsp3) is 0.200. The van der Waals surface area contributed by atoms with Crippen LogP contribution in [0.25, 0.3) is 21.9 Å². The SMILES string of the molecule is CCOC(=O)C1(C(=O)OCC)c2ccccc2-c2c1cc1ccccc1c2Cc1ccccc1. The third-order valence-corrected chi connectivity index (χ3v) is 6.55. The average Bonchev–Trinajstić information content (AvgIpc) is 3.16. The molecule has 0 heterocycles. The van der Waals surface area contributed by atoms with Crippen LogP contribution in [-0.2, 0) is 30.9 Å². The van der Waals surface area contributed by atoms with Gasteiger partial charge in [0.1, 0.15) is 0 Å². The van der Waals surface area contributed by atoms with Crippen LogP contribution in [0.1, 0.15) is 36.1 Å². The molecule has 0 bridgehead atoms. The van der Waals surface area contributed by atoms with Gasteiger partial charge in [0, 0.05) is 0 Å². The molecule has 0 spiro atoms. The minimum absolute atomic E-state index is 0.169. The first-order valence-corrected chi connectivity index (χ1v) is 11.7. The van der Waals surface area contributed by atoms with Gasteiger partial charge in [0.15, 0.2) is 0 Å². The molecule has 170 valence electrons.